The van der Waals surface area contributed by atoms with Gasteiger partial charge in [-0.05, 0) is 43.2 Å². The van der Waals surface area contributed by atoms with Crippen LogP contribution in [0.3, 0.4) is 0 Å². The molecule has 4 heteroatoms. The topological polar surface area (TPSA) is 55.0 Å². The Hall–Kier alpha value is -2.10. The molecule has 0 radical (unpaired) electrons. The van der Waals surface area contributed by atoms with Crippen LogP contribution >= 0.6 is 0 Å². The second-order valence-corrected chi connectivity index (χ2v) is 4.70. The molecule has 0 aliphatic carbocycles. The molecule has 0 aliphatic rings. The summed E-state index contributed by atoms with van der Waals surface area (Å²) in [4.78, 5) is 2.22. The van der Waals surface area contributed by atoms with Crippen LogP contribution in [0.5, 0.6) is 0 Å². The summed E-state index contributed by atoms with van der Waals surface area (Å²) < 4.78 is 0. The van der Waals surface area contributed by atoms with Crippen molar-refractivity contribution in [3.05, 3.63) is 47.7 Å². The van der Waals surface area contributed by atoms with Crippen LogP contribution in [-0.2, 0) is 6.54 Å². The minimum Gasteiger partial charge on any atom is -0.399 e. The second-order valence-electron chi connectivity index (χ2n) is 4.70. The van der Waals surface area contributed by atoms with E-state index < -0.39 is 0 Å². The summed E-state index contributed by atoms with van der Waals surface area (Å²) in [5.41, 5.74) is 8.74. The van der Waals surface area contributed by atoms with E-state index in [1.54, 1.807) is 0 Å². The molecule has 0 saturated heterocycles. The SMILES string of the molecule is CCCN(Cc1cccc(N)c1)c1ccc(C)nn1. The molecule has 0 unspecified atom stereocenters. The molecule has 1 heterocycles. The van der Waals surface area contributed by atoms with E-state index in [2.05, 4.69) is 28.1 Å². The number of anilines is 2. The predicted molar refractivity (Wildman–Crippen MR) is 79.0 cm³/mol. The highest BCUT2D eigenvalue weighted by Crippen LogP contribution is 2.16. The average molecular weight is 256 g/mol. The quantitative estimate of drug-likeness (QED) is 0.836. The van der Waals surface area contributed by atoms with E-state index in [-0.39, 0.29) is 0 Å². The monoisotopic (exact) mass is 256 g/mol. The third kappa shape index (κ3) is 3.68. The lowest BCUT2D eigenvalue weighted by Crippen LogP contribution is -2.24. The van der Waals surface area contributed by atoms with Crippen molar-refractivity contribution in [1.82, 2.24) is 10.2 Å². The zero-order valence-electron chi connectivity index (χ0n) is 11.5. The lowest BCUT2D eigenvalue weighted by Gasteiger charge is -2.22. The highest BCUT2D eigenvalue weighted by molar-refractivity contribution is 5.44. The van der Waals surface area contributed by atoms with E-state index in [0.717, 1.165) is 36.7 Å². The van der Waals surface area contributed by atoms with Gasteiger partial charge >= 0.3 is 0 Å². The maximum absolute atomic E-state index is 5.82. The Kier molecular flexibility index (Phi) is 4.34. The fraction of sp³-hybridized carbons (Fsp3) is 0.333. The molecule has 0 spiro atoms. The zero-order valence-corrected chi connectivity index (χ0v) is 11.5. The van der Waals surface area contributed by atoms with Gasteiger partial charge < -0.3 is 10.6 Å². The van der Waals surface area contributed by atoms with Crippen molar-refractivity contribution in [3.63, 3.8) is 0 Å². The smallest absolute Gasteiger partial charge is 0.151 e. The fourth-order valence-electron chi connectivity index (χ4n) is 2.02. The summed E-state index contributed by atoms with van der Waals surface area (Å²) >= 11 is 0. The van der Waals surface area contributed by atoms with Gasteiger partial charge in [0.2, 0.25) is 0 Å². The van der Waals surface area contributed by atoms with Crippen molar-refractivity contribution in [3.8, 4) is 0 Å². The first-order valence-electron chi connectivity index (χ1n) is 6.58. The van der Waals surface area contributed by atoms with Gasteiger partial charge in [0.1, 0.15) is 0 Å². The van der Waals surface area contributed by atoms with Crippen LogP contribution in [0.2, 0.25) is 0 Å². The van der Waals surface area contributed by atoms with Gasteiger partial charge in [0.05, 0.1) is 5.69 Å². The van der Waals surface area contributed by atoms with E-state index in [1.807, 2.05) is 37.3 Å². The lowest BCUT2D eigenvalue weighted by atomic mass is 10.2. The Morgan fingerprint density at radius 3 is 2.63 bits per heavy atom. The average Bonchev–Trinajstić information content (AvgIpc) is 2.39. The van der Waals surface area contributed by atoms with E-state index in [0.29, 0.717) is 0 Å². The molecule has 0 atom stereocenters. The van der Waals surface area contributed by atoms with Crippen molar-refractivity contribution in [2.24, 2.45) is 0 Å². The molecule has 100 valence electrons. The molecule has 2 aromatic rings. The number of benzene rings is 1. The Morgan fingerprint density at radius 2 is 2.00 bits per heavy atom. The number of aryl methyl sites for hydroxylation is 1. The molecule has 0 fully saturated rings. The highest BCUT2D eigenvalue weighted by Gasteiger charge is 2.08. The minimum atomic E-state index is 0.795. The molecule has 1 aromatic heterocycles. The maximum Gasteiger partial charge on any atom is 0.151 e. The number of nitrogens with two attached hydrogens (primary N) is 1. The molecule has 0 aliphatic heterocycles. The third-order valence-corrected chi connectivity index (χ3v) is 2.93. The maximum atomic E-state index is 5.82. The van der Waals surface area contributed by atoms with Crippen LogP contribution in [0.1, 0.15) is 24.6 Å². The van der Waals surface area contributed by atoms with Gasteiger partial charge in [-0.25, -0.2) is 0 Å². The number of hydrogen-bond acceptors (Lipinski definition) is 4. The fourth-order valence-corrected chi connectivity index (χ4v) is 2.02. The largest absolute Gasteiger partial charge is 0.399 e. The number of nitrogens with zero attached hydrogens (tertiary/aromatic N) is 3. The van der Waals surface area contributed by atoms with Gasteiger partial charge in [0.15, 0.2) is 5.82 Å². The van der Waals surface area contributed by atoms with Crippen molar-refractivity contribution in [2.45, 2.75) is 26.8 Å². The van der Waals surface area contributed by atoms with E-state index in [4.69, 9.17) is 5.73 Å². The lowest BCUT2D eigenvalue weighted by molar-refractivity contribution is 0.742. The Bertz CT molecular complexity index is 522. The first-order chi connectivity index (χ1) is 9.19. The summed E-state index contributed by atoms with van der Waals surface area (Å²) in [5.74, 6) is 0.912. The molecule has 4 nitrogen and oxygen atoms in total. The Morgan fingerprint density at radius 1 is 1.16 bits per heavy atom. The van der Waals surface area contributed by atoms with Crippen molar-refractivity contribution < 1.29 is 0 Å². The van der Waals surface area contributed by atoms with Crippen LogP contribution in [0.15, 0.2) is 36.4 Å². The minimum absolute atomic E-state index is 0.795. The Balaban J connectivity index is 2.18. The molecule has 0 amide bonds. The van der Waals surface area contributed by atoms with E-state index >= 15 is 0 Å². The van der Waals surface area contributed by atoms with E-state index in [9.17, 15) is 0 Å². The molecule has 0 bridgehead atoms. The summed E-state index contributed by atoms with van der Waals surface area (Å²) in [6.07, 6.45) is 1.07. The van der Waals surface area contributed by atoms with Crippen LogP contribution < -0.4 is 10.6 Å². The van der Waals surface area contributed by atoms with Gasteiger partial charge in [0.25, 0.3) is 0 Å². The Labute approximate surface area is 114 Å². The van der Waals surface area contributed by atoms with Crippen LogP contribution in [0, 0.1) is 6.92 Å². The van der Waals surface area contributed by atoms with Crippen molar-refractivity contribution in [2.75, 3.05) is 17.2 Å². The van der Waals surface area contributed by atoms with Gasteiger partial charge in [-0.2, -0.15) is 5.10 Å². The summed E-state index contributed by atoms with van der Waals surface area (Å²) in [5, 5.41) is 8.39. The first kappa shape index (κ1) is 13.3. The molecular formula is C15H20N4. The zero-order chi connectivity index (χ0) is 13.7. The number of nitrogen functional groups attached to an aromatic ring is 1. The molecule has 19 heavy (non-hydrogen) atoms. The normalized spacial score (nSPS) is 10.4. The van der Waals surface area contributed by atoms with Gasteiger partial charge in [-0.1, -0.05) is 19.1 Å². The van der Waals surface area contributed by atoms with Crippen LogP contribution in [0.4, 0.5) is 11.5 Å². The molecule has 1 aromatic carbocycles. The first-order valence-corrected chi connectivity index (χ1v) is 6.58. The van der Waals surface area contributed by atoms with Crippen molar-refractivity contribution >= 4 is 11.5 Å². The van der Waals surface area contributed by atoms with Crippen molar-refractivity contribution in [1.29, 1.82) is 0 Å². The van der Waals surface area contributed by atoms with Gasteiger partial charge in [-0.15, -0.1) is 5.10 Å². The van der Waals surface area contributed by atoms with E-state index in [1.165, 1.54) is 5.56 Å². The summed E-state index contributed by atoms with van der Waals surface area (Å²) in [7, 11) is 0. The third-order valence-electron chi connectivity index (χ3n) is 2.93. The number of aromatic nitrogens is 2. The molecular weight excluding hydrogens is 236 g/mol. The second kappa shape index (κ2) is 6.18. The standard InChI is InChI=1S/C15H20N4/c1-3-9-19(15-8-7-12(2)17-18-15)11-13-5-4-6-14(16)10-13/h4-8,10H,3,9,11,16H2,1-2H3. The molecule has 0 saturated carbocycles. The summed E-state index contributed by atoms with van der Waals surface area (Å²) in [6, 6.07) is 12.0. The molecule has 2 N–H and O–H groups in total. The molecule has 2 rings (SSSR count). The van der Waals surface area contributed by atoms with Gasteiger partial charge in [-0.3, -0.25) is 0 Å². The summed E-state index contributed by atoms with van der Waals surface area (Å²) in [6.45, 7) is 5.86. The number of rotatable bonds is 5. The van der Waals surface area contributed by atoms with Crippen LogP contribution in [-0.4, -0.2) is 16.7 Å². The van der Waals surface area contributed by atoms with Crippen LogP contribution in [0.25, 0.3) is 0 Å². The highest BCUT2D eigenvalue weighted by atomic mass is 15.3. The number of hydrogen-bond donors (Lipinski definition) is 1. The predicted octanol–water partition coefficient (Wildman–Crippen LogP) is 2.78. The van der Waals surface area contributed by atoms with Gasteiger partial charge in [0, 0.05) is 18.8 Å².